The summed E-state index contributed by atoms with van der Waals surface area (Å²) in [5, 5.41) is 4.81. The van der Waals surface area contributed by atoms with E-state index in [1.165, 1.54) is 11.3 Å². The molecule has 1 aromatic heterocycles. The number of nitrogen functional groups attached to an aromatic ring is 1. The fourth-order valence-corrected chi connectivity index (χ4v) is 1.56. The molecule has 0 saturated carbocycles. The van der Waals surface area contributed by atoms with E-state index in [2.05, 4.69) is 17.2 Å². The lowest BCUT2D eigenvalue weighted by Crippen LogP contribution is -2.15. The van der Waals surface area contributed by atoms with Gasteiger partial charge >= 0.3 is 0 Å². The van der Waals surface area contributed by atoms with E-state index in [0.717, 1.165) is 23.3 Å². The Labute approximate surface area is 82.1 Å². The van der Waals surface area contributed by atoms with Crippen LogP contribution in [-0.2, 0) is 4.74 Å². The van der Waals surface area contributed by atoms with Crippen LogP contribution in [0.1, 0.15) is 6.92 Å². The van der Waals surface area contributed by atoms with Crippen molar-refractivity contribution in [1.82, 2.24) is 4.98 Å². The molecule has 0 aliphatic heterocycles. The molecule has 4 nitrogen and oxygen atoms in total. The molecular formula is C8H15N3OS. The highest BCUT2D eigenvalue weighted by atomic mass is 32.1. The standard InChI is InChI=1S/C8H15N3OS/c1-6(5-12-2)3-10-8-11-4-7(9)13-8/h4,6H,3,5,9H2,1-2H3,(H,10,11). The Morgan fingerprint density at radius 3 is 3.08 bits per heavy atom. The minimum atomic E-state index is 0.482. The number of thiazole rings is 1. The summed E-state index contributed by atoms with van der Waals surface area (Å²) < 4.78 is 5.02. The highest BCUT2D eigenvalue weighted by molar-refractivity contribution is 7.19. The van der Waals surface area contributed by atoms with E-state index in [9.17, 15) is 0 Å². The molecule has 74 valence electrons. The van der Waals surface area contributed by atoms with Crippen LogP contribution in [0.15, 0.2) is 6.20 Å². The Kier molecular flexibility index (Phi) is 3.98. The summed E-state index contributed by atoms with van der Waals surface area (Å²) in [6, 6.07) is 0. The maximum atomic E-state index is 5.53. The first-order chi connectivity index (χ1) is 6.22. The molecule has 0 aromatic carbocycles. The highest BCUT2D eigenvalue weighted by Gasteiger charge is 2.02. The number of nitrogens with one attached hydrogen (secondary N) is 1. The fraction of sp³-hybridized carbons (Fsp3) is 0.625. The van der Waals surface area contributed by atoms with Gasteiger partial charge in [-0.3, -0.25) is 0 Å². The average Bonchev–Trinajstić information content (AvgIpc) is 2.49. The van der Waals surface area contributed by atoms with E-state index in [0.29, 0.717) is 5.92 Å². The predicted octanol–water partition coefficient (Wildman–Crippen LogP) is 1.42. The second-order valence-corrected chi connectivity index (χ2v) is 4.07. The molecule has 0 aliphatic carbocycles. The summed E-state index contributed by atoms with van der Waals surface area (Å²) in [7, 11) is 1.71. The van der Waals surface area contributed by atoms with Crippen molar-refractivity contribution in [3.05, 3.63) is 6.20 Å². The van der Waals surface area contributed by atoms with E-state index in [4.69, 9.17) is 10.5 Å². The minimum Gasteiger partial charge on any atom is -0.389 e. The molecule has 5 heteroatoms. The smallest absolute Gasteiger partial charge is 0.184 e. The Balaban J connectivity index is 2.26. The summed E-state index contributed by atoms with van der Waals surface area (Å²) >= 11 is 1.46. The quantitative estimate of drug-likeness (QED) is 0.756. The third-order valence-electron chi connectivity index (χ3n) is 1.58. The zero-order valence-corrected chi connectivity index (χ0v) is 8.73. The van der Waals surface area contributed by atoms with Gasteiger partial charge in [0, 0.05) is 13.7 Å². The van der Waals surface area contributed by atoms with Crippen molar-refractivity contribution in [1.29, 1.82) is 0 Å². The second kappa shape index (κ2) is 5.04. The zero-order chi connectivity index (χ0) is 9.68. The van der Waals surface area contributed by atoms with Crippen LogP contribution in [-0.4, -0.2) is 25.2 Å². The summed E-state index contributed by atoms with van der Waals surface area (Å²) in [5.41, 5.74) is 5.53. The van der Waals surface area contributed by atoms with Crippen LogP contribution >= 0.6 is 11.3 Å². The number of hydrogen-bond acceptors (Lipinski definition) is 5. The van der Waals surface area contributed by atoms with Crippen molar-refractivity contribution >= 4 is 21.5 Å². The zero-order valence-electron chi connectivity index (χ0n) is 7.91. The maximum absolute atomic E-state index is 5.53. The van der Waals surface area contributed by atoms with Crippen LogP contribution in [0.2, 0.25) is 0 Å². The number of ether oxygens (including phenoxy) is 1. The number of anilines is 2. The van der Waals surface area contributed by atoms with Crippen molar-refractivity contribution in [2.24, 2.45) is 5.92 Å². The van der Waals surface area contributed by atoms with Crippen molar-refractivity contribution < 1.29 is 4.74 Å². The van der Waals surface area contributed by atoms with Gasteiger partial charge in [0.1, 0.15) is 5.00 Å². The summed E-state index contributed by atoms with van der Waals surface area (Å²) in [5.74, 6) is 0.482. The Morgan fingerprint density at radius 2 is 2.54 bits per heavy atom. The SMILES string of the molecule is COCC(C)CNc1ncc(N)s1. The van der Waals surface area contributed by atoms with Crippen molar-refractivity contribution in [2.45, 2.75) is 6.92 Å². The van der Waals surface area contributed by atoms with Gasteiger partial charge in [0.25, 0.3) is 0 Å². The minimum absolute atomic E-state index is 0.482. The van der Waals surface area contributed by atoms with Crippen molar-refractivity contribution in [2.75, 3.05) is 31.3 Å². The summed E-state index contributed by atoms with van der Waals surface area (Å²) in [4.78, 5) is 4.09. The van der Waals surface area contributed by atoms with Gasteiger partial charge in [-0.05, 0) is 5.92 Å². The molecule has 1 rings (SSSR count). The predicted molar refractivity (Wildman–Crippen MR) is 56.1 cm³/mol. The summed E-state index contributed by atoms with van der Waals surface area (Å²) in [6.07, 6.45) is 1.66. The van der Waals surface area contributed by atoms with Crippen LogP contribution in [0, 0.1) is 5.92 Å². The van der Waals surface area contributed by atoms with Gasteiger partial charge in [-0.25, -0.2) is 4.98 Å². The lowest BCUT2D eigenvalue weighted by Gasteiger charge is -2.09. The van der Waals surface area contributed by atoms with Gasteiger partial charge in [-0.15, -0.1) is 0 Å². The third-order valence-corrected chi connectivity index (χ3v) is 2.36. The monoisotopic (exact) mass is 201 g/mol. The van der Waals surface area contributed by atoms with Crippen molar-refractivity contribution in [3.8, 4) is 0 Å². The van der Waals surface area contributed by atoms with Gasteiger partial charge in [0.05, 0.1) is 12.8 Å². The van der Waals surface area contributed by atoms with Gasteiger partial charge in [-0.2, -0.15) is 0 Å². The summed E-state index contributed by atoms with van der Waals surface area (Å²) in [6.45, 7) is 3.74. The Morgan fingerprint density at radius 1 is 1.77 bits per heavy atom. The maximum Gasteiger partial charge on any atom is 0.184 e. The molecule has 0 spiro atoms. The molecule has 0 amide bonds. The third kappa shape index (κ3) is 3.61. The number of rotatable bonds is 5. The molecule has 1 aromatic rings. The first kappa shape index (κ1) is 10.3. The van der Waals surface area contributed by atoms with Crippen LogP contribution < -0.4 is 11.1 Å². The molecule has 1 heterocycles. The van der Waals surface area contributed by atoms with Crippen molar-refractivity contribution in [3.63, 3.8) is 0 Å². The molecule has 0 aliphatic rings. The van der Waals surface area contributed by atoms with E-state index in [1.807, 2.05) is 0 Å². The van der Waals surface area contributed by atoms with Gasteiger partial charge in [0.15, 0.2) is 5.13 Å². The average molecular weight is 201 g/mol. The molecule has 1 atom stereocenters. The number of hydrogen-bond donors (Lipinski definition) is 2. The van der Waals surface area contributed by atoms with Gasteiger partial charge in [-0.1, -0.05) is 18.3 Å². The normalized spacial score (nSPS) is 12.8. The lowest BCUT2D eigenvalue weighted by atomic mass is 10.2. The van der Waals surface area contributed by atoms with E-state index < -0.39 is 0 Å². The van der Waals surface area contributed by atoms with Crippen LogP contribution in [0.3, 0.4) is 0 Å². The largest absolute Gasteiger partial charge is 0.389 e. The molecule has 0 saturated heterocycles. The number of nitrogens with two attached hydrogens (primary N) is 1. The topological polar surface area (TPSA) is 60.2 Å². The molecule has 0 fully saturated rings. The van der Waals surface area contributed by atoms with Crippen LogP contribution in [0.25, 0.3) is 0 Å². The second-order valence-electron chi connectivity index (χ2n) is 3.01. The number of aromatic nitrogens is 1. The highest BCUT2D eigenvalue weighted by Crippen LogP contribution is 2.19. The Bertz CT molecular complexity index is 251. The van der Waals surface area contributed by atoms with Crippen LogP contribution in [0.4, 0.5) is 10.1 Å². The van der Waals surface area contributed by atoms with Gasteiger partial charge in [0.2, 0.25) is 0 Å². The molecule has 0 radical (unpaired) electrons. The molecule has 3 N–H and O–H groups in total. The first-order valence-electron chi connectivity index (χ1n) is 4.16. The number of nitrogens with zero attached hydrogens (tertiary/aromatic N) is 1. The fourth-order valence-electron chi connectivity index (χ4n) is 0.973. The first-order valence-corrected chi connectivity index (χ1v) is 4.98. The van der Waals surface area contributed by atoms with Gasteiger partial charge < -0.3 is 15.8 Å². The number of methoxy groups -OCH3 is 1. The van der Waals surface area contributed by atoms with E-state index in [-0.39, 0.29) is 0 Å². The van der Waals surface area contributed by atoms with E-state index >= 15 is 0 Å². The molecule has 13 heavy (non-hydrogen) atoms. The van der Waals surface area contributed by atoms with E-state index in [1.54, 1.807) is 13.3 Å². The molecular weight excluding hydrogens is 186 g/mol. The lowest BCUT2D eigenvalue weighted by molar-refractivity contribution is 0.164. The Hall–Kier alpha value is -0.810. The molecule has 0 bridgehead atoms. The molecule has 1 unspecified atom stereocenters. The van der Waals surface area contributed by atoms with Crippen LogP contribution in [0.5, 0.6) is 0 Å².